The van der Waals surface area contributed by atoms with E-state index in [2.05, 4.69) is 0 Å². The van der Waals surface area contributed by atoms with Crippen molar-refractivity contribution < 1.29 is 28.9 Å². The van der Waals surface area contributed by atoms with Gasteiger partial charge in [-0.3, -0.25) is 9.59 Å². The quantitative estimate of drug-likeness (QED) is 0.305. The van der Waals surface area contributed by atoms with Crippen molar-refractivity contribution >= 4 is 40.7 Å². The van der Waals surface area contributed by atoms with Crippen molar-refractivity contribution in [3.8, 4) is 11.5 Å². The van der Waals surface area contributed by atoms with Gasteiger partial charge in [-0.2, -0.15) is 0 Å². The van der Waals surface area contributed by atoms with E-state index in [1.807, 2.05) is 6.92 Å². The molecule has 1 amide bonds. The number of aliphatic hydroxyl groups is 1. The summed E-state index contributed by atoms with van der Waals surface area (Å²) in [6.45, 7) is 2.87. The normalized spacial score (nSPS) is 17.5. The van der Waals surface area contributed by atoms with Gasteiger partial charge in [-0.15, -0.1) is 0 Å². The van der Waals surface area contributed by atoms with Crippen molar-refractivity contribution in [2.75, 3.05) is 34.0 Å². The minimum Gasteiger partial charge on any atom is -0.507 e. The number of halogens is 2. The standard InChI is InChI=1S/C24H25Cl2NO6/c1-4-9-33-16-7-5-6-14(11-16)20-19(22(29)24(30)27(20)8-10-31-2)21(28)17-12-15(25)13-18(26)23(17)32-3/h5-7,11-13,20,28H,4,8-10H2,1-3H3/b21-19+. The number of hydrogen-bond acceptors (Lipinski definition) is 6. The molecule has 0 saturated carbocycles. The predicted molar refractivity (Wildman–Crippen MR) is 126 cm³/mol. The highest BCUT2D eigenvalue weighted by Gasteiger charge is 2.46. The number of nitrogens with zero attached hydrogens (tertiary/aromatic N) is 1. The van der Waals surface area contributed by atoms with Crippen LogP contribution < -0.4 is 9.47 Å². The number of Topliss-reactive ketones (excluding diaryl/α,β-unsaturated/α-hetero) is 1. The Morgan fingerprint density at radius 1 is 1.12 bits per heavy atom. The lowest BCUT2D eigenvalue weighted by Crippen LogP contribution is -2.32. The smallest absolute Gasteiger partial charge is 0.295 e. The number of aliphatic hydroxyl groups excluding tert-OH is 1. The van der Waals surface area contributed by atoms with Gasteiger partial charge in [0.2, 0.25) is 0 Å². The third-order valence-electron chi connectivity index (χ3n) is 5.19. The Bertz CT molecular complexity index is 1080. The number of methoxy groups -OCH3 is 2. The van der Waals surface area contributed by atoms with Crippen LogP contribution in [-0.2, 0) is 14.3 Å². The molecular weight excluding hydrogens is 469 g/mol. The molecule has 1 atom stereocenters. The van der Waals surface area contributed by atoms with Crippen LogP contribution in [-0.4, -0.2) is 55.7 Å². The first kappa shape index (κ1) is 24.9. The van der Waals surface area contributed by atoms with E-state index in [1.165, 1.54) is 31.3 Å². The lowest BCUT2D eigenvalue weighted by atomic mass is 9.95. The zero-order valence-electron chi connectivity index (χ0n) is 18.6. The largest absolute Gasteiger partial charge is 0.507 e. The van der Waals surface area contributed by atoms with E-state index < -0.39 is 23.5 Å². The van der Waals surface area contributed by atoms with Gasteiger partial charge in [0, 0.05) is 18.7 Å². The third-order valence-corrected chi connectivity index (χ3v) is 5.69. The molecule has 0 radical (unpaired) electrons. The maximum atomic E-state index is 13.1. The highest BCUT2D eigenvalue weighted by molar-refractivity contribution is 6.46. The monoisotopic (exact) mass is 493 g/mol. The summed E-state index contributed by atoms with van der Waals surface area (Å²) in [5.74, 6) is -1.27. The molecule has 0 spiro atoms. The minimum atomic E-state index is -0.868. The van der Waals surface area contributed by atoms with Gasteiger partial charge in [0.25, 0.3) is 11.7 Å². The average molecular weight is 494 g/mol. The van der Waals surface area contributed by atoms with Gasteiger partial charge >= 0.3 is 0 Å². The van der Waals surface area contributed by atoms with E-state index in [0.717, 1.165) is 6.42 Å². The molecule has 9 heteroatoms. The molecule has 2 aromatic carbocycles. The first-order valence-corrected chi connectivity index (χ1v) is 11.1. The number of ketones is 1. The molecular formula is C24H25Cl2NO6. The topological polar surface area (TPSA) is 85.3 Å². The second kappa shape index (κ2) is 10.9. The van der Waals surface area contributed by atoms with Gasteiger partial charge in [-0.25, -0.2) is 0 Å². The number of likely N-dealkylation sites (tertiary alicyclic amines) is 1. The van der Waals surface area contributed by atoms with Crippen LogP contribution in [0.25, 0.3) is 5.76 Å². The van der Waals surface area contributed by atoms with Crippen LogP contribution in [0, 0.1) is 0 Å². The Kier molecular flexibility index (Phi) is 8.24. The lowest BCUT2D eigenvalue weighted by Gasteiger charge is -2.25. The first-order chi connectivity index (χ1) is 15.8. The Morgan fingerprint density at radius 2 is 1.88 bits per heavy atom. The Morgan fingerprint density at radius 3 is 2.55 bits per heavy atom. The number of amides is 1. The summed E-state index contributed by atoms with van der Waals surface area (Å²) in [6, 6.07) is 9.11. The van der Waals surface area contributed by atoms with Gasteiger partial charge in [0.05, 0.1) is 42.5 Å². The van der Waals surface area contributed by atoms with Crippen molar-refractivity contribution in [3.63, 3.8) is 0 Å². The molecule has 1 aliphatic rings. The molecule has 1 unspecified atom stereocenters. The maximum Gasteiger partial charge on any atom is 0.295 e. The molecule has 1 N–H and O–H groups in total. The van der Waals surface area contributed by atoms with Crippen molar-refractivity contribution in [1.82, 2.24) is 4.90 Å². The summed E-state index contributed by atoms with van der Waals surface area (Å²) in [4.78, 5) is 27.4. The van der Waals surface area contributed by atoms with Gasteiger partial charge in [-0.1, -0.05) is 42.3 Å². The van der Waals surface area contributed by atoms with Gasteiger partial charge in [0.1, 0.15) is 17.3 Å². The first-order valence-electron chi connectivity index (χ1n) is 10.4. The van der Waals surface area contributed by atoms with Crippen LogP contribution >= 0.6 is 23.2 Å². The molecule has 1 aliphatic heterocycles. The highest BCUT2D eigenvalue weighted by Crippen LogP contribution is 2.43. The van der Waals surface area contributed by atoms with Crippen molar-refractivity contribution in [3.05, 3.63) is 63.1 Å². The number of benzene rings is 2. The number of carbonyl (C=O) groups is 2. The lowest BCUT2D eigenvalue weighted by molar-refractivity contribution is -0.140. The zero-order chi connectivity index (χ0) is 24.1. The fraction of sp³-hybridized carbons (Fsp3) is 0.333. The molecule has 1 saturated heterocycles. The fourth-order valence-corrected chi connectivity index (χ4v) is 4.30. The van der Waals surface area contributed by atoms with Gasteiger partial charge in [-0.05, 0) is 36.2 Å². The molecule has 176 valence electrons. The van der Waals surface area contributed by atoms with Crippen LogP contribution in [0.2, 0.25) is 10.0 Å². The number of hydrogen-bond donors (Lipinski definition) is 1. The Labute approximate surface area is 202 Å². The zero-order valence-corrected chi connectivity index (χ0v) is 20.1. The van der Waals surface area contributed by atoms with E-state index >= 15 is 0 Å². The van der Waals surface area contributed by atoms with E-state index in [0.29, 0.717) is 17.9 Å². The fourth-order valence-electron chi connectivity index (χ4n) is 3.73. The van der Waals surface area contributed by atoms with Crippen molar-refractivity contribution in [1.29, 1.82) is 0 Å². The summed E-state index contributed by atoms with van der Waals surface area (Å²) in [5.41, 5.74) is 0.621. The van der Waals surface area contributed by atoms with Crippen LogP contribution in [0.15, 0.2) is 42.0 Å². The van der Waals surface area contributed by atoms with Crippen molar-refractivity contribution in [2.45, 2.75) is 19.4 Å². The Balaban J connectivity index is 2.22. The second-order valence-corrected chi connectivity index (χ2v) is 8.22. The Hall–Kier alpha value is -2.74. The SMILES string of the molecule is CCCOc1cccc(C2/C(=C(\O)c3cc(Cl)cc(Cl)c3OC)C(=O)C(=O)N2CCOC)c1. The predicted octanol–water partition coefficient (Wildman–Crippen LogP) is 4.86. The van der Waals surface area contributed by atoms with Gasteiger partial charge in [0.15, 0.2) is 0 Å². The summed E-state index contributed by atoms with van der Waals surface area (Å²) < 4.78 is 16.2. The van der Waals surface area contributed by atoms with E-state index in [-0.39, 0.29) is 40.1 Å². The molecule has 1 fully saturated rings. The maximum absolute atomic E-state index is 13.1. The van der Waals surface area contributed by atoms with Crippen LogP contribution in [0.4, 0.5) is 0 Å². The third kappa shape index (κ3) is 5.11. The average Bonchev–Trinajstić information content (AvgIpc) is 3.05. The summed E-state index contributed by atoms with van der Waals surface area (Å²) in [7, 11) is 2.89. The van der Waals surface area contributed by atoms with E-state index in [4.69, 9.17) is 37.4 Å². The molecule has 0 aromatic heterocycles. The van der Waals surface area contributed by atoms with E-state index in [9.17, 15) is 14.7 Å². The molecule has 33 heavy (non-hydrogen) atoms. The molecule has 7 nitrogen and oxygen atoms in total. The summed E-state index contributed by atoms with van der Waals surface area (Å²) in [6.07, 6.45) is 0.825. The second-order valence-electron chi connectivity index (χ2n) is 7.37. The van der Waals surface area contributed by atoms with E-state index in [1.54, 1.807) is 24.3 Å². The summed E-state index contributed by atoms with van der Waals surface area (Å²) in [5, 5.41) is 11.7. The molecule has 1 heterocycles. The minimum absolute atomic E-state index is 0.0969. The summed E-state index contributed by atoms with van der Waals surface area (Å²) >= 11 is 12.4. The molecule has 0 bridgehead atoms. The van der Waals surface area contributed by atoms with Gasteiger partial charge < -0.3 is 24.2 Å². The molecule has 0 aliphatic carbocycles. The highest BCUT2D eigenvalue weighted by atomic mass is 35.5. The number of carbonyl (C=O) groups excluding carboxylic acids is 2. The van der Waals surface area contributed by atoms with Crippen LogP contribution in [0.1, 0.15) is 30.5 Å². The number of rotatable bonds is 9. The number of ether oxygens (including phenoxy) is 3. The molecule has 3 rings (SSSR count). The van der Waals surface area contributed by atoms with Crippen LogP contribution in [0.5, 0.6) is 11.5 Å². The van der Waals surface area contributed by atoms with Crippen molar-refractivity contribution in [2.24, 2.45) is 0 Å². The van der Waals surface area contributed by atoms with Crippen LogP contribution in [0.3, 0.4) is 0 Å². The molecule has 2 aromatic rings.